The molecule has 1 aromatic heterocycles. The molecule has 0 unspecified atom stereocenters. The zero-order valence-corrected chi connectivity index (χ0v) is 18.0. The quantitative estimate of drug-likeness (QED) is 0.765. The maximum absolute atomic E-state index is 13.8. The minimum absolute atomic E-state index is 0.0445. The van der Waals surface area contributed by atoms with Gasteiger partial charge in [0, 0.05) is 31.8 Å². The topological polar surface area (TPSA) is 71.5 Å². The van der Waals surface area contributed by atoms with Crippen molar-refractivity contribution < 1.29 is 26.3 Å². The first-order chi connectivity index (χ1) is 14.1. The van der Waals surface area contributed by atoms with Gasteiger partial charge in [-0.25, -0.2) is 13.4 Å². The van der Waals surface area contributed by atoms with E-state index in [2.05, 4.69) is 15.2 Å². The molecule has 3 aliphatic rings. The van der Waals surface area contributed by atoms with Gasteiger partial charge in [-0.15, -0.1) is 0 Å². The first kappa shape index (κ1) is 22.0. The van der Waals surface area contributed by atoms with E-state index >= 15 is 0 Å². The Morgan fingerprint density at radius 3 is 2.50 bits per heavy atom. The summed E-state index contributed by atoms with van der Waals surface area (Å²) in [5.74, 6) is 0.213. The number of aromatic nitrogens is 1. The van der Waals surface area contributed by atoms with Crippen LogP contribution in [0.2, 0.25) is 0 Å². The Morgan fingerprint density at radius 2 is 1.90 bits per heavy atom. The van der Waals surface area contributed by atoms with Crippen molar-refractivity contribution in [3.8, 4) is 0 Å². The molecule has 0 radical (unpaired) electrons. The number of halogens is 3. The fourth-order valence-corrected chi connectivity index (χ4v) is 7.88. The maximum atomic E-state index is 13.8. The van der Waals surface area contributed by atoms with E-state index < -0.39 is 27.1 Å². The summed E-state index contributed by atoms with van der Waals surface area (Å²) in [6.07, 6.45) is -1.41. The van der Waals surface area contributed by atoms with Crippen molar-refractivity contribution in [2.24, 2.45) is 11.8 Å². The molecule has 0 spiro atoms. The number of fused-ring (bicyclic) bond motifs is 1. The van der Waals surface area contributed by atoms with Crippen LogP contribution in [0.3, 0.4) is 0 Å². The van der Waals surface area contributed by atoms with Crippen molar-refractivity contribution in [2.45, 2.75) is 61.1 Å². The molecule has 10 heteroatoms. The van der Waals surface area contributed by atoms with Crippen molar-refractivity contribution in [1.82, 2.24) is 15.2 Å². The summed E-state index contributed by atoms with van der Waals surface area (Å²) in [6.45, 7) is 3.25. The van der Waals surface area contributed by atoms with Crippen LogP contribution in [0, 0.1) is 18.8 Å². The molecule has 1 aliphatic carbocycles. The summed E-state index contributed by atoms with van der Waals surface area (Å²) < 4.78 is 72.1. The number of sulfone groups is 1. The summed E-state index contributed by atoms with van der Waals surface area (Å²) in [5, 5.41) is 2.53. The van der Waals surface area contributed by atoms with E-state index in [4.69, 9.17) is 4.74 Å². The lowest BCUT2D eigenvalue weighted by molar-refractivity contribution is -0.141. The average molecular weight is 448 g/mol. The van der Waals surface area contributed by atoms with E-state index in [1.165, 1.54) is 6.92 Å². The molecular formula is C20H28F3N3O3S. The summed E-state index contributed by atoms with van der Waals surface area (Å²) in [4.78, 5) is 5.58. The summed E-state index contributed by atoms with van der Waals surface area (Å²) >= 11 is 0. The second-order valence-electron chi connectivity index (χ2n) is 8.63. The molecule has 4 atom stereocenters. The Hall–Kier alpha value is -1.23. The van der Waals surface area contributed by atoms with Gasteiger partial charge in [-0.1, -0.05) is 0 Å². The highest BCUT2D eigenvalue weighted by Gasteiger charge is 2.54. The number of pyridine rings is 1. The SMILES string of the molecule is CN[C@H]1C[C@@H]2CN(C3CCOCC3)[C@@H](S(=O)(=O)c3ccc(C(F)(F)F)nc3C)[C@H]2C1. The lowest BCUT2D eigenvalue weighted by Crippen LogP contribution is -2.48. The number of nitrogens with zero attached hydrogens (tertiary/aromatic N) is 2. The van der Waals surface area contributed by atoms with Crippen LogP contribution in [0.1, 0.15) is 37.1 Å². The molecule has 3 heterocycles. The van der Waals surface area contributed by atoms with Gasteiger partial charge in [-0.05, 0) is 63.6 Å². The van der Waals surface area contributed by atoms with Crippen LogP contribution in [0.25, 0.3) is 0 Å². The van der Waals surface area contributed by atoms with E-state index in [-0.39, 0.29) is 34.5 Å². The average Bonchev–Trinajstić information content (AvgIpc) is 3.25. The first-order valence-corrected chi connectivity index (χ1v) is 12.0. The van der Waals surface area contributed by atoms with Crippen LogP contribution in [0.5, 0.6) is 0 Å². The van der Waals surface area contributed by atoms with Gasteiger partial charge in [0.2, 0.25) is 0 Å². The normalized spacial score (nSPS) is 31.2. The maximum Gasteiger partial charge on any atom is 0.433 e. The third-order valence-electron chi connectivity index (χ3n) is 6.91. The second-order valence-corrected chi connectivity index (χ2v) is 10.6. The molecule has 6 nitrogen and oxygen atoms in total. The summed E-state index contributed by atoms with van der Waals surface area (Å²) in [7, 11) is -2.00. The van der Waals surface area contributed by atoms with E-state index in [0.717, 1.165) is 37.8 Å². The van der Waals surface area contributed by atoms with Gasteiger partial charge in [-0.3, -0.25) is 4.90 Å². The van der Waals surface area contributed by atoms with Gasteiger partial charge in [-0.2, -0.15) is 13.2 Å². The van der Waals surface area contributed by atoms with Crippen molar-refractivity contribution in [2.75, 3.05) is 26.8 Å². The first-order valence-electron chi connectivity index (χ1n) is 10.4. The van der Waals surface area contributed by atoms with Crippen molar-refractivity contribution in [3.05, 3.63) is 23.5 Å². The van der Waals surface area contributed by atoms with Crippen LogP contribution in [-0.4, -0.2) is 62.6 Å². The van der Waals surface area contributed by atoms with Crippen LogP contribution in [0.4, 0.5) is 13.2 Å². The molecule has 1 N–H and O–H groups in total. The minimum atomic E-state index is -4.61. The fourth-order valence-electron chi connectivity index (χ4n) is 5.49. The van der Waals surface area contributed by atoms with Gasteiger partial charge in [0.25, 0.3) is 0 Å². The lowest BCUT2D eigenvalue weighted by Gasteiger charge is -2.37. The number of hydrogen-bond acceptors (Lipinski definition) is 6. The molecule has 2 saturated heterocycles. The van der Waals surface area contributed by atoms with E-state index in [1.807, 2.05) is 7.05 Å². The molecule has 30 heavy (non-hydrogen) atoms. The number of likely N-dealkylation sites (tertiary alicyclic amines) is 1. The smallest absolute Gasteiger partial charge is 0.381 e. The highest BCUT2D eigenvalue weighted by atomic mass is 32.2. The molecule has 4 rings (SSSR count). The Bertz CT molecular complexity index is 887. The standard InChI is InChI=1S/C20H28F3N3O3S/c1-12-17(3-4-18(25-12)20(21,22)23)30(27,28)19-16-10-14(24-2)9-13(16)11-26(19)15-5-7-29-8-6-15/h3-4,13-16,19,24H,5-11H2,1-2H3/t13-,14+,16+,19+/m1/s1. The van der Waals surface area contributed by atoms with Crippen LogP contribution >= 0.6 is 0 Å². The van der Waals surface area contributed by atoms with Gasteiger partial charge in [0.1, 0.15) is 11.1 Å². The molecular weight excluding hydrogens is 419 g/mol. The number of nitrogens with one attached hydrogen (secondary N) is 1. The highest BCUT2D eigenvalue weighted by Crippen LogP contribution is 2.47. The van der Waals surface area contributed by atoms with E-state index in [9.17, 15) is 21.6 Å². The van der Waals surface area contributed by atoms with E-state index in [1.54, 1.807) is 0 Å². The molecule has 168 valence electrons. The molecule has 0 amide bonds. The zero-order chi connectivity index (χ0) is 21.7. The van der Waals surface area contributed by atoms with Gasteiger partial charge in [0.15, 0.2) is 9.84 Å². The van der Waals surface area contributed by atoms with Crippen LogP contribution in [-0.2, 0) is 20.8 Å². The predicted octanol–water partition coefficient (Wildman–Crippen LogP) is 2.62. The Morgan fingerprint density at radius 1 is 1.20 bits per heavy atom. The Balaban J connectivity index is 1.71. The van der Waals surface area contributed by atoms with E-state index in [0.29, 0.717) is 19.8 Å². The zero-order valence-electron chi connectivity index (χ0n) is 17.2. The van der Waals surface area contributed by atoms with Crippen LogP contribution in [0.15, 0.2) is 17.0 Å². The number of alkyl halides is 3. The third kappa shape index (κ3) is 3.87. The fraction of sp³-hybridized carbons (Fsp3) is 0.750. The number of ether oxygens (including phenoxy) is 1. The summed E-state index contributed by atoms with van der Waals surface area (Å²) in [6, 6.07) is 2.23. The second kappa shape index (κ2) is 8.03. The molecule has 0 aromatic carbocycles. The minimum Gasteiger partial charge on any atom is -0.381 e. The van der Waals surface area contributed by atoms with Crippen molar-refractivity contribution in [3.63, 3.8) is 0 Å². The largest absolute Gasteiger partial charge is 0.433 e. The Kier molecular flexibility index (Phi) is 5.89. The summed E-state index contributed by atoms with van der Waals surface area (Å²) in [5.41, 5.74) is -1.16. The molecule has 1 aromatic rings. The van der Waals surface area contributed by atoms with Crippen LogP contribution < -0.4 is 5.32 Å². The van der Waals surface area contributed by atoms with Gasteiger partial charge in [0.05, 0.1) is 10.6 Å². The van der Waals surface area contributed by atoms with Crippen molar-refractivity contribution in [1.29, 1.82) is 0 Å². The molecule has 2 aliphatic heterocycles. The number of aryl methyl sites for hydroxylation is 1. The van der Waals surface area contributed by atoms with Gasteiger partial charge >= 0.3 is 6.18 Å². The monoisotopic (exact) mass is 447 g/mol. The lowest BCUT2D eigenvalue weighted by atomic mass is 10.0. The predicted molar refractivity (Wildman–Crippen MR) is 105 cm³/mol. The third-order valence-corrected chi connectivity index (χ3v) is 9.21. The van der Waals surface area contributed by atoms with Crippen molar-refractivity contribution >= 4 is 9.84 Å². The number of rotatable bonds is 4. The molecule has 0 bridgehead atoms. The Labute approximate surface area is 175 Å². The number of hydrogen-bond donors (Lipinski definition) is 1. The van der Waals surface area contributed by atoms with Gasteiger partial charge < -0.3 is 10.1 Å². The highest BCUT2D eigenvalue weighted by molar-refractivity contribution is 7.92. The molecule has 3 fully saturated rings. The molecule has 1 saturated carbocycles.